The molecule has 1 aromatic heterocycles. The lowest BCUT2D eigenvalue weighted by molar-refractivity contribution is 0.0943. The molecule has 0 unspecified atom stereocenters. The Morgan fingerprint density at radius 3 is 3.00 bits per heavy atom. The van der Waals surface area contributed by atoms with Crippen LogP contribution in [0.25, 0.3) is 0 Å². The molecule has 0 aliphatic heterocycles. The molecule has 2 atom stereocenters. The van der Waals surface area contributed by atoms with E-state index in [1.807, 2.05) is 6.92 Å². The van der Waals surface area contributed by atoms with Gasteiger partial charge in [-0.3, -0.25) is 5.10 Å². The van der Waals surface area contributed by atoms with Gasteiger partial charge in [0, 0.05) is 0 Å². The summed E-state index contributed by atoms with van der Waals surface area (Å²) in [5.41, 5.74) is 0. The Bertz CT molecular complexity index is 332. The number of nitrogens with one attached hydrogen (secondary N) is 1. The van der Waals surface area contributed by atoms with E-state index in [-0.39, 0.29) is 5.92 Å². The van der Waals surface area contributed by atoms with Crippen molar-refractivity contribution in [2.45, 2.75) is 32.3 Å². The van der Waals surface area contributed by atoms with Gasteiger partial charge in [0.2, 0.25) is 0 Å². The van der Waals surface area contributed by atoms with Crippen LogP contribution in [0.15, 0.2) is 12.2 Å². The van der Waals surface area contributed by atoms with E-state index in [9.17, 15) is 5.11 Å². The third kappa shape index (κ3) is 1.85. The van der Waals surface area contributed by atoms with Crippen LogP contribution in [0, 0.1) is 12.8 Å². The fourth-order valence-electron chi connectivity index (χ4n) is 1.81. The van der Waals surface area contributed by atoms with Crippen molar-refractivity contribution in [3.05, 3.63) is 23.8 Å². The summed E-state index contributed by atoms with van der Waals surface area (Å²) < 4.78 is 0. The zero-order valence-corrected chi connectivity index (χ0v) is 8.27. The maximum absolute atomic E-state index is 9.98. The largest absolute Gasteiger partial charge is 0.385 e. The zero-order chi connectivity index (χ0) is 9.97. The summed E-state index contributed by atoms with van der Waals surface area (Å²) in [5.74, 6) is 1.56. The number of aromatic amines is 1. The molecule has 0 saturated heterocycles. The number of aliphatic hydroxyl groups excluding tert-OH is 1. The van der Waals surface area contributed by atoms with Gasteiger partial charge in [-0.05, 0) is 32.1 Å². The van der Waals surface area contributed by atoms with Crippen molar-refractivity contribution >= 4 is 0 Å². The molecular weight excluding hydrogens is 178 g/mol. The second-order valence-electron chi connectivity index (χ2n) is 3.77. The van der Waals surface area contributed by atoms with E-state index in [0.717, 1.165) is 25.1 Å². The molecule has 14 heavy (non-hydrogen) atoms. The minimum Gasteiger partial charge on any atom is -0.385 e. The van der Waals surface area contributed by atoms with E-state index in [1.54, 1.807) is 0 Å². The quantitative estimate of drug-likeness (QED) is 0.700. The van der Waals surface area contributed by atoms with Gasteiger partial charge in [0.05, 0.1) is 0 Å². The fraction of sp³-hybridized carbons (Fsp3) is 0.600. The van der Waals surface area contributed by atoms with Gasteiger partial charge >= 0.3 is 0 Å². The summed E-state index contributed by atoms with van der Waals surface area (Å²) in [6, 6.07) is 0. The van der Waals surface area contributed by atoms with Gasteiger partial charge < -0.3 is 5.11 Å². The molecule has 0 radical (unpaired) electrons. The molecule has 0 fully saturated rings. The molecule has 0 spiro atoms. The number of H-pyrrole nitrogens is 1. The van der Waals surface area contributed by atoms with Gasteiger partial charge in [-0.15, -0.1) is 0 Å². The summed E-state index contributed by atoms with van der Waals surface area (Å²) >= 11 is 0. The highest BCUT2D eigenvalue weighted by Crippen LogP contribution is 2.29. The molecule has 0 bridgehead atoms. The average Bonchev–Trinajstić information content (AvgIpc) is 2.65. The number of aromatic nitrogens is 3. The number of nitrogens with zero attached hydrogens (tertiary/aromatic N) is 2. The zero-order valence-electron chi connectivity index (χ0n) is 8.27. The van der Waals surface area contributed by atoms with Crippen molar-refractivity contribution in [3.8, 4) is 0 Å². The first kappa shape index (κ1) is 9.40. The van der Waals surface area contributed by atoms with Crippen molar-refractivity contribution in [1.82, 2.24) is 15.2 Å². The van der Waals surface area contributed by atoms with Crippen molar-refractivity contribution in [2.24, 2.45) is 5.92 Å². The van der Waals surface area contributed by atoms with Crippen molar-refractivity contribution in [3.63, 3.8) is 0 Å². The lowest BCUT2D eigenvalue weighted by Gasteiger charge is -2.21. The molecule has 1 aromatic rings. The van der Waals surface area contributed by atoms with Crippen LogP contribution in [-0.2, 0) is 0 Å². The van der Waals surface area contributed by atoms with Crippen molar-refractivity contribution in [1.29, 1.82) is 0 Å². The molecule has 0 amide bonds. The molecule has 1 heterocycles. The second-order valence-corrected chi connectivity index (χ2v) is 3.77. The summed E-state index contributed by atoms with van der Waals surface area (Å²) in [5, 5.41) is 16.7. The summed E-state index contributed by atoms with van der Waals surface area (Å²) in [6.45, 7) is 1.84. The number of aliphatic hydroxyl groups is 1. The minimum absolute atomic E-state index is 0.273. The Kier molecular flexibility index (Phi) is 2.63. The van der Waals surface area contributed by atoms with Crippen molar-refractivity contribution < 1.29 is 5.11 Å². The van der Waals surface area contributed by atoms with Crippen molar-refractivity contribution in [2.75, 3.05) is 0 Å². The highest BCUT2D eigenvalue weighted by atomic mass is 16.3. The smallest absolute Gasteiger partial charge is 0.179 e. The van der Waals surface area contributed by atoms with Crippen LogP contribution in [0.5, 0.6) is 0 Å². The summed E-state index contributed by atoms with van der Waals surface area (Å²) in [4.78, 5) is 4.15. The van der Waals surface area contributed by atoms with Gasteiger partial charge in [-0.25, -0.2) is 4.98 Å². The molecule has 1 aliphatic rings. The lowest BCUT2D eigenvalue weighted by Crippen LogP contribution is -2.15. The maximum Gasteiger partial charge on any atom is 0.179 e. The Morgan fingerprint density at radius 1 is 1.57 bits per heavy atom. The lowest BCUT2D eigenvalue weighted by atomic mass is 9.89. The number of hydrogen-bond acceptors (Lipinski definition) is 3. The van der Waals surface area contributed by atoms with Gasteiger partial charge in [0.15, 0.2) is 5.82 Å². The normalized spacial score (nSPS) is 23.7. The summed E-state index contributed by atoms with van der Waals surface area (Å²) in [7, 11) is 0. The third-order valence-electron chi connectivity index (χ3n) is 2.64. The number of allylic oxidation sites excluding steroid dienone is 2. The van der Waals surface area contributed by atoms with E-state index in [1.165, 1.54) is 0 Å². The molecule has 1 aliphatic carbocycles. The molecule has 76 valence electrons. The molecule has 0 aromatic carbocycles. The van der Waals surface area contributed by atoms with Crippen LogP contribution in [0.1, 0.15) is 37.0 Å². The van der Waals surface area contributed by atoms with Gasteiger partial charge in [0.25, 0.3) is 0 Å². The summed E-state index contributed by atoms with van der Waals surface area (Å²) in [6.07, 6.45) is 6.75. The van der Waals surface area contributed by atoms with Gasteiger partial charge in [-0.1, -0.05) is 12.2 Å². The number of rotatable bonds is 2. The number of hydrogen-bond donors (Lipinski definition) is 2. The van der Waals surface area contributed by atoms with Crippen LogP contribution in [-0.4, -0.2) is 20.3 Å². The second kappa shape index (κ2) is 3.92. The van der Waals surface area contributed by atoms with E-state index in [0.29, 0.717) is 5.82 Å². The average molecular weight is 193 g/mol. The molecule has 2 rings (SSSR count). The van der Waals surface area contributed by atoms with Crippen LogP contribution < -0.4 is 0 Å². The van der Waals surface area contributed by atoms with Gasteiger partial charge in [-0.2, -0.15) is 5.10 Å². The predicted octanol–water partition coefficient (Wildman–Crippen LogP) is 1.50. The first-order valence-electron chi connectivity index (χ1n) is 4.99. The van der Waals surface area contributed by atoms with Crippen LogP contribution in [0.4, 0.5) is 0 Å². The Hall–Kier alpha value is -1.16. The van der Waals surface area contributed by atoms with E-state index in [4.69, 9.17) is 0 Å². The SMILES string of the molecule is Cc1nc([C@H](O)[C@@H]2CC=CCC2)n[nH]1. The van der Waals surface area contributed by atoms with Crippen LogP contribution >= 0.6 is 0 Å². The highest BCUT2D eigenvalue weighted by Gasteiger charge is 2.24. The molecule has 4 heteroatoms. The number of aryl methyl sites for hydroxylation is 1. The molecule has 0 saturated carbocycles. The molecule has 2 N–H and O–H groups in total. The minimum atomic E-state index is -0.523. The predicted molar refractivity (Wildman–Crippen MR) is 52.6 cm³/mol. The van der Waals surface area contributed by atoms with Crippen LogP contribution in [0.3, 0.4) is 0 Å². The van der Waals surface area contributed by atoms with E-state index >= 15 is 0 Å². The standard InChI is InChI=1S/C10H15N3O/c1-7-11-10(13-12-7)9(14)8-5-3-2-4-6-8/h2-3,8-9,14H,4-6H2,1H3,(H,11,12,13)/t8-,9-/m1/s1. The molecular formula is C10H15N3O. The Balaban J connectivity index is 2.07. The first-order chi connectivity index (χ1) is 6.77. The highest BCUT2D eigenvalue weighted by molar-refractivity contribution is 4.99. The third-order valence-corrected chi connectivity index (χ3v) is 2.64. The Morgan fingerprint density at radius 2 is 2.43 bits per heavy atom. The van der Waals surface area contributed by atoms with Gasteiger partial charge in [0.1, 0.15) is 11.9 Å². The Labute approximate surface area is 83.1 Å². The molecule has 4 nitrogen and oxygen atoms in total. The fourth-order valence-corrected chi connectivity index (χ4v) is 1.81. The topological polar surface area (TPSA) is 61.8 Å². The monoisotopic (exact) mass is 193 g/mol. The van der Waals surface area contributed by atoms with E-state index < -0.39 is 6.10 Å². The first-order valence-corrected chi connectivity index (χ1v) is 4.99. The maximum atomic E-state index is 9.98. The van der Waals surface area contributed by atoms with Crippen LogP contribution in [0.2, 0.25) is 0 Å². The van der Waals surface area contributed by atoms with E-state index in [2.05, 4.69) is 27.3 Å².